The molecule has 2 N–H and O–H groups in total. The molecular weight excluding hydrogens is 616 g/mol. The number of aromatic amines is 1. The molecule has 0 aliphatic carbocycles. The number of rotatable bonds is 20. The molecule has 2 heterocycles. The molecule has 15 nitrogen and oxygen atoms in total. The normalized spacial score (nSPS) is 21.2. The number of hydrogen-bond donors (Lipinski definition) is 2. The van der Waals surface area contributed by atoms with E-state index < -0.39 is 57.8 Å². The van der Waals surface area contributed by atoms with Gasteiger partial charge in [-0.2, -0.15) is 5.26 Å². The lowest BCUT2D eigenvalue weighted by atomic mass is 10.1. The van der Waals surface area contributed by atoms with E-state index in [-0.39, 0.29) is 51.1 Å². The third kappa shape index (κ3) is 11.1. The van der Waals surface area contributed by atoms with Crippen molar-refractivity contribution in [1.29, 1.82) is 5.26 Å². The maximum absolute atomic E-state index is 13.2. The lowest BCUT2D eigenvalue weighted by Gasteiger charge is -2.38. The number of nitriles is 1. The van der Waals surface area contributed by atoms with Crippen molar-refractivity contribution in [3.63, 3.8) is 0 Å². The molecule has 0 saturated carbocycles. The highest BCUT2D eigenvalue weighted by Gasteiger charge is 2.50. The van der Waals surface area contributed by atoms with E-state index in [2.05, 4.69) is 16.4 Å². The predicted molar refractivity (Wildman–Crippen MR) is 164 cm³/mol. The van der Waals surface area contributed by atoms with Crippen molar-refractivity contribution in [2.45, 2.75) is 97.4 Å². The molecule has 0 radical (unpaired) electrons. The summed E-state index contributed by atoms with van der Waals surface area (Å²) in [6.07, 6.45) is -1.49. The van der Waals surface area contributed by atoms with Crippen LogP contribution in [0.3, 0.4) is 0 Å². The zero-order valence-corrected chi connectivity index (χ0v) is 28.4. The molecule has 3 unspecified atom stereocenters. The van der Waals surface area contributed by atoms with Crippen molar-refractivity contribution in [2.75, 3.05) is 39.6 Å². The Morgan fingerprint density at radius 1 is 1.20 bits per heavy atom. The van der Waals surface area contributed by atoms with E-state index in [0.717, 1.165) is 0 Å². The standard InChI is InChI=1S/C27H47N5O10P2/c1-8-39-44(36,40-9-2)17-10-12-21-24(42-43(38-16-11-14-28)32(19(3)4)20(5)6)25(37-18-23(34)29-7)26(41-21)31-15-13-22(33)30-27(31)35/h13,15,19-21,24-26H,8-12,16-18H2,1-7H3,(H,29,34)(H,30,33,35)/t21-,24?,25?,26-,43?/m1/s1. The van der Waals surface area contributed by atoms with Gasteiger partial charge in [0.25, 0.3) is 14.1 Å². The molecule has 250 valence electrons. The maximum Gasteiger partial charge on any atom is 0.330 e. The van der Waals surface area contributed by atoms with Gasteiger partial charge in [-0.15, -0.1) is 0 Å². The van der Waals surface area contributed by atoms with Gasteiger partial charge in [-0.05, 0) is 54.4 Å². The molecule has 17 heteroatoms. The first-order valence-electron chi connectivity index (χ1n) is 14.8. The van der Waals surface area contributed by atoms with Crippen molar-refractivity contribution in [1.82, 2.24) is 19.5 Å². The van der Waals surface area contributed by atoms with E-state index in [1.165, 1.54) is 23.9 Å². The topological polar surface area (TPSA) is 183 Å². The zero-order chi connectivity index (χ0) is 32.9. The first-order chi connectivity index (χ1) is 20.9. The lowest BCUT2D eigenvalue weighted by molar-refractivity contribution is -0.132. The molecule has 2 rings (SSSR count). The Kier molecular flexibility index (Phi) is 16.4. The summed E-state index contributed by atoms with van der Waals surface area (Å²) in [5, 5.41) is 11.6. The van der Waals surface area contributed by atoms with E-state index in [1.807, 2.05) is 32.4 Å². The molecule has 0 aromatic carbocycles. The molecule has 0 bridgehead atoms. The van der Waals surface area contributed by atoms with E-state index in [0.29, 0.717) is 12.8 Å². The van der Waals surface area contributed by atoms with Gasteiger partial charge in [0.1, 0.15) is 18.8 Å². The fourth-order valence-electron chi connectivity index (χ4n) is 4.79. The Morgan fingerprint density at radius 2 is 1.86 bits per heavy atom. The van der Waals surface area contributed by atoms with Crippen LogP contribution in [0.4, 0.5) is 0 Å². The summed E-state index contributed by atoms with van der Waals surface area (Å²) in [5.41, 5.74) is -1.32. The fraction of sp³-hybridized carbons (Fsp3) is 0.778. The number of nitrogens with zero attached hydrogens (tertiary/aromatic N) is 3. The van der Waals surface area contributed by atoms with E-state index >= 15 is 0 Å². The highest BCUT2D eigenvalue weighted by molar-refractivity contribution is 7.53. The first kappa shape index (κ1) is 38.2. The van der Waals surface area contributed by atoms with Crippen molar-refractivity contribution in [3.05, 3.63) is 33.1 Å². The van der Waals surface area contributed by atoms with Crippen LogP contribution < -0.4 is 16.6 Å². The maximum atomic E-state index is 13.2. The summed E-state index contributed by atoms with van der Waals surface area (Å²) < 4.78 is 52.5. The van der Waals surface area contributed by atoms with Crippen LogP contribution >= 0.6 is 16.1 Å². The average Bonchev–Trinajstić information content (AvgIpc) is 3.27. The van der Waals surface area contributed by atoms with Crippen LogP contribution in [0.25, 0.3) is 0 Å². The minimum atomic E-state index is -3.35. The second-order valence-corrected chi connectivity index (χ2v) is 14.1. The van der Waals surface area contributed by atoms with Gasteiger partial charge in [-0.1, -0.05) is 0 Å². The number of aromatic nitrogens is 2. The van der Waals surface area contributed by atoms with Crippen molar-refractivity contribution in [3.8, 4) is 6.07 Å². The lowest BCUT2D eigenvalue weighted by Crippen LogP contribution is -2.43. The summed E-state index contributed by atoms with van der Waals surface area (Å²) in [6.45, 7) is 11.7. The number of likely N-dealkylation sites (N-methyl/N-ethyl adjacent to an activating group) is 1. The Morgan fingerprint density at radius 3 is 2.41 bits per heavy atom. The number of nitrogens with one attached hydrogen (secondary N) is 2. The molecule has 5 atom stereocenters. The van der Waals surface area contributed by atoms with Crippen LogP contribution in [0.15, 0.2) is 21.9 Å². The van der Waals surface area contributed by atoms with Gasteiger partial charge in [0, 0.05) is 31.4 Å². The fourth-order valence-corrected chi connectivity index (χ4v) is 8.24. The van der Waals surface area contributed by atoms with Gasteiger partial charge in [-0.25, -0.2) is 9.46 Å². The van der Waals surface area contributed by atoms with Crippen LogP contribution in [-0.4, -0.2) is 90.2 Å². The van der Waals surface area contributed by atoms with Gasteiger partial charge in [0.2, 0.25) is 5.91 Å². The van der Waals surface area contributed by atoms with Gasteiger partial charge >= 0.3 is 13.3 Å². The largest absolute Gasteiger partial charge is 0.361 e. The Bertz CT molecular complexity index is 1220. The van der Waals surface area contributed by atoms with Gasteiger partial charge in [-0.3, -0.25) is 23.7 Å². The number of carbonyl (C=O) groups is 1. The summed E-state index contributed by atoms with van der Waals surface area (Å²) in [6, 6.07) is 3.25. The molecule has 1 saturated heterocycles. The van der Waals surface area contributed by atoms with Crippen molar-refractivity contribution < 1.29 is 36.9 Å². The minimum Gasteiger partial charge on any atom is -0.361 e. The number of hydrogen-bond acceptors (Lipinski definition) is 12. The smallest absolute Gasteiger partial charge is 0.330 e. The molecular formula is C27H47N5O10P2. The van der Waals surface area contributed by atoms with Gasteiger partial charge < -0.3 is 32.9 Å². The van der Waals surface area contributed by atoms with Crippen LogP contribution in [0, 0.1) is 11.3 Å². The van der Waals surface area contributed by atoms with Crippen LogP contribution in [-0.2, 0) is 36.9 Å². The molecule has 1 amide bonds. The second-order valence-electron chi connectivity index (χ2n) is 10.5. The quantitative estimate of drug-likeness (QED) is 0.154. The SMILES string of the molecule is CCOP(=O)(CCC[C@H]1O[C@@H](n2ccc(=O)[nH]c2=O)C(OCC(=O)NC)C1OP(OCCC#N)N(C(C)C)C(C)C)OCC. The van der Waals surface area contributed by atoms with Crippen LogP contribution in [0.2, 0.25) is 0 Å². The molecule has 1 aliphatic heterocycles. The molecule has 1 aliphatic rings. The first-order valence-corrected chi connectivity index (χ1v) is 17.7. The Labute approximate surface area is 260 Å². The van der Waals surface area contributed by atoms with Crippen molar-refractivity contribution in [2.24, 2.45) is 0 Å². The average molecular weight is 664 g/mol. The third-order valence-corrected chi connectivity index (χ3v) is 10.8. The number of H-pyrrole nitrogens is 1. The highest BCUT2D eigenvalue weighted by atomic mass is 31.2. The molecule has 44 heavy (non-hydrogen) atoms. The zero-order valence-electron chi connectivity index (χ0n) is 26.6. The highest BCUT2D eigenvalue weighted by Crippen LogP contribution is 2.52. The third-order valence-electron chi connectivity index (χ3n) is 6.54. The molecule has 1 aromatic heterocycles. The number of amides is 1. The van der Waals surface area contributed by atoms with Crippen LogP contribution in [0.1, 0.15) is 67.0 Å². The number of carbonyl (C=O) groups excluding carboxylic acids is 1. The molecule has 1 fully saturated rings. The minimum absolute atomic E-state index is 0.00455. The summed E-state index contributed by atoms with van der Waals surface area (Å²) in [7, 11) is -3.67. The van der Waals surface area contributed by atoms with Crippen LogP contribution in [0.5, 0.6) is 0 Å². The van der Waals surface area contributed by atoms with E-state index in [4.69, 9.17) is 32.8 Å². The van der Waals surface area contributed by atoms with E-state index in [1.54, 1.807) is 13.8 Å². The summed E-state index contributed by atoms with van der Waals surface area (Å²) >= 11 is 0. The number of ether oxygens (including phenoxy) is 2. The molecule has 0 spiro atoms. The molecule has 1 aromatic rings. The summed E-state index contributed by atoms with van der Waals surface area (Å²) in [5.74, 6) is -0.410. The Hall–Kier alpha value is -1.98. The van der Waals surface area contributed by atoms with Crippen molar-refractivity contribution >= 4 is 22.0 Å². The second kappa shape index (κ2) is 18.9. The monoisotopic (exact) mass is 663 g/mol. The predicted octanol–water partition coefficient (Wildman–Crippen LogP) is 3.27. The summed E-state index contributed by atoms with van der Waals surface area (Å²) in [4.78, 5) is 39.2. The van der Waals surface area contributed by atoms with Gasteiger partial charge in [0.15, 0.2) is 6.23 Å². The Balaban J connectivity index is 2.55. The van der Waals surface area contributed by atoms with Gasteiger partial charge in [0.05, 0.1) is 44.6 Å². The van der Waals surface area contributed by atoms with E-state index in [9.17, 15) is 18.9 Å².